The molecule has 1 N–H and O–H groups in total. The van der Waals surface area contributed by atoms with Crippen LogP contribution >= 0.6 is 0 Å². The quantitative estimate of drug-likeness (QED) is 0.537. The van der Waals surface area contributed by atoms with Crippen LogP contribution < -0.4 is 5.32 Å². The zero-order chi connectivity index (χ0) is 5.98. The standard InChI is InChI=1S/C6H11NO/c1-2-3-4-5-6(8)7-5/h5H,2-4H2,1H3,(H,7,8). The number of carbonyl (C=O) groups excluding carboxylic acids is 1. The van der Waals surface area contributed by atoms with Crippen LogP contribution in [0.1, 0.15) is 26.2 Å². The summed E-state index contributed by atoms with van der Waals surface area (Å²) in [6.45, 7) is 2.13. The maximum atomic E-state index is 10.3. The number of rotatable bonds is 3. The van der Waals surface area contributed by atoms with Gasteiger partial charge in [-0.25, -0.2) is 0 Å². The van der Waals surface area contributed by atoms with Crippen LogP contribution in [0.15, 0.2) is 0 Å². The van der Waals surface area contributed by atoms with Gasteiger partial charge >= 0.3 is 0 Å². The van der Waals surface area contributed by atoms with Crippen LogP contribution in [0.5, 0.6) is 0 Å². The fourth-order valence-electron chi connectivity index (χ4n) is 0.742. The van der Waals surface area contributed by atoms with Gasteiger partial charge in [-0.3, -0.25) is 4.79 Å². The third-order valence-electron chi connectivity index (χ3n) is 1.40. The second-order valence-electron chi connectivity index (χ2n) is 2.20. The molecule has 1 heterocycles. The highest BCUT2D eigenvalue weighted by molar-refractivity contribution is 5.96. The molecule has 0 radical (unpaired) electrons. The van der Waals surface area contributed by atoms with Crippen LogP contribution in [0.3, 0.4) is 0 Å². The van der Waals surface area contributed by atoms with Crippen molar-refractivity contribution in [2.45, 2.75) is 32.2 Å². The molecule has 1 saturated heterocycles. The van der Waals surface area contributed by atoms with Crippen molar-refractivity contribution >= 4 is 5.91 Å². The van der Waals surface area contributed by atoms with E-state index in [-0.39, 0.29) is 11.9 Å². The number of nitrogens with one attached hydrogen (secondary N) is 1. The molecule has 1 amide bonds. The first-order valence-corrected chi connectivity index (χ1v) is 3.15. The van der Waals surface area contributed by atoms with Gasteiger partial charge in [-0.05, 0) is 6.42 Å². The van der Waals surface area contributed by atoms with E-state index in [4.69, 9.17) is 0 Å². The molecule has 0 aliphatic carbocycles. The first kappa shape index (κ1) is 5.60. The minimum absolute atomic E-state index is 0.231. The predicted octanol–water partition coefficient (Wildman–Crippen LogP) is 0.675. The van der Waals surface area contributed by atoms with Crippen LogP contribution in [0.4, 0.5) is 0 Å². The Hall–Kier alpha value is -0.530. The minimum atomic E-state index is 0.231. The van der Waals surface area contributed by atoms with Crippen molar-refractivity contribution in [2.24, 2.45) is 0 Å². The maximum absolute atomic E-state index is 10.3. The third-order valence-corrected chi connectivity index (χ3v) is 1.40. The lowest BCUT2D eigenvalue weighted by molar-refractivity contribution is -0.111. The van der Waals surface area contributed by atoms with Crippen molar-refractivity contribution in [3.63, 3.8) is 0 Å². The summed E-state index contributed by atoms with van der Waals surface area (Å²) >= 11 is 0. The van der Waals surface area contributed by atoms with Crippen molar-refractivity contribution in [3.8, 4) is 0 Å². The van der Waals surface area contributed by atoms with Gasteiger partial charge in [0.1, 0.15) is 6.04 Å². The van der Waals surface area contributed by atoms with E-state index >= 15 is 0 Å². The van der Waals surface area contributed by atoms with Crippen molar-refractivity contribution in [3.05, 3.63) is 0 Å². The smallest absolute Gasteiger partial charge is 0.243 e. The molecule has 1 atom stereocenters. The number of carbonyl (C=O) groups is 1. The molecule has 0 aromatic carbocycles. The SMILES string of the molecule is CCCCC1NC1=O. The first-order chi connectivity index (χ1) is 3.84. The van der Waals surface area contributed by atoms with Gasteiger partial charge in [-0.15, -0.1) is 0 Å². The van der Waals surface area contributed by atoms with Gasteiger partial charge in [0.25, 0.3) is 0 Å². The molecule has 1 aliphatic heterocycles. The maximum Gasteiger partial charge on any atom is 0.243 e. The van der Waals surface area contributed by atoms with E-state index in [0.717, 1.165) is 6.42 Å². The average molecular weight is 113 g/mol. The van der Waals surface area contributed by atoms with E-state index < -0.39 is 0 Å². The summed E-state index contributed by atoms with van der Waals surface area (Å²) in [5, 5.41) is 2.73. The van der Waals surface area contributed by atoms with Crippen LogP contribution in [-0.2, 0) is 4.79 Å². The zero-order valence-corrected chi connectivity index (χ0v) is 5.11. The molecule has 1 aliphatic rings. The van der Waals surface area contributed by atoms with E-state index in [9.17, 15) is 4.79 Å². The van der Waals surface area contributed by atoms with Crippen LogP contribution in [0.25, 0.3) is 0 Å². The Labute approximate surface area is 49.3 Å². The Kier molecular flexibility index (Phi) is 1.51. The van der Waals surface area contributed by atoms with Gasteiger partial charge in [0.2, 0.25) is 5.91 Å². The van der Waals surface area contributed by atoms with Crippen LogP contribution in [0.2, 0.25) is 0 Å². The highest BCUT2D eigenvalue weighted by Gasteiger charge is 2.31. The second kappa shape index (κ2) is 2.16. The molecule has 0 bridgehead atoms. The van der Waals surface area contributed by atoms with E-state index in [1.807, 2.05) is 0 Å². The van der Waals surface area contributed by atoms with Crippen LogP contribution in [-0.4, -0.2) is 11.9 Å². The van der Waals surface area contributed by atoms with Crippen molar-refractivity contribution in [2.75, 3.05) is 0 Å². The highest BCUT2D eigenvalue weighted by Crippen LogP contribution is 2.08. The summed E-state index contributed by atoms with van der Waals surface area (Å²) in [7, 11) is 0. The van der Waals surface area contributed by atoms with Gasteiger partial charge < -0.3 is 5.32 Å². The summed E-state index contributed by atoms with van der Waals surface area (Å²) < 4.78 is 0. The second-order valence-corrected chi connectivity index (χ2v) is 2.20. The lowest BCUT2D eigenvalue weighted by Gasteiger charge is -1.86. The highest BCUT2D eigenvalue weighted by atomic mass is 16.2. The Bertz CT molecular complexity index is 101. The molecule has 2 heteroatoms. The number of hydrogen-bond donors (Lipinski definition) is 1. The molecule has 2 nitrogen and oxygen atoms in total. The normalized spacial score (nSPS) is 25.1. The number of unbranched alkanes of at least 4 members (excludes halogenated alkanes) is 1. The van der Waals surface area contributed by atoms with E-state index in [1.165, 1.54) is 12.8 Å². The van der Waals surface area contributed by atoms with Gasteiger partial charge in [-0.2, -0.15) is 0 Å². The fourth-order valence-corrected chi connectivity index (χ4v) is 0.742. The van der Waals surface area contributed by atoms with Gasteiger partial charge in [0, 0.05) is 0 Å². The summed E-state index contributed by atoms with van der Waals surface area (Å²) in [6, 6.07) is 0.231. The molecular weight excluding hydrogens is 102 g/mol. The van der Waals surface area contributed by atoms with Gasteiger partial charge in [0.05, 0.1) is 0 Å². The molecule has 0 spiro atoms. The monoisotopic (exact) mass is 113 g/mol. The molecule has 8 heavy (non-hydrogen) atoms. The summed E-state index contributed by atoms with van der Waals surface area (Å²) in [4.78, 5) is 10.3. The van der Waals surface area contributed by atoms with E-state index in [2.05, 4.69) is 12.2 Å². The largest absolute Gasteiger partial charge is 0.343 e. The Morgan fingerprint density at radius 2 is 2.38 bits per heavy atom. The van der Waals surface area contributed by atoms with Crippen molar-refractivity contribution in [1.29, 1.82) is 0 Å². The predicted molar refractivity (Wildman–Crippen MR) is 31.5 cm³/mol. The summed E-state index contributed by atoms with van der Waals surface area (Å²) in [5.41, 5.74) is 0. The fraction of sp³-hybridized carbons (Fsp3) is 0.833. The summed E-state index contributed by atoms with van der Waals surface area (Å²) in [6.07, 6.45) is 3.39. The van der Waals surface area contributed by atoms with Crippen LogP contribution in [0, 0.1) is 0 Å². The van der Waals surface area contributed by atoms with Crippen molar-refractivity contribution < 1.29 is 4.79 Å². The molecule has 1 fully saturated rings. The average Bonchev–Trinajstić information content (AvgIpc) is 2.42. The molecule has 0 aromatic heterocycles. The number of hydrogen-bond acceptors (Lipinski definition) is 1. The van der Waals surface area contributed by atoms with Gasteiger partial charge in [-0.1, -0.05) is 19.8 Å². The Morgan fingerprint density at radius 3 is 2.75 bits per heavy atom. The zero-order valence-electron chi connectivity index (χ0n) is 5.11. The first-order valence-electron chi connectivity index (χ1n) is 3.15. The van der Waals surface area contributed by atoms with Gasteiger partial charge in [0.15, 0.2) is 0 Å². The number of amides is 1. The summed E-state index contributed by atoms with van der Waals surface area (Å²) in [5.74, 6) is 0.235. The van der Waals surface area contributed by atoms with E-state index in [0.29, 0.717) is 0 Å². The lowest BCUT2D eigenvalue weighted by Crippen LogP contribution is -1.88. The Morgan fingerprint density at radius 1 is 1.75 bits per heavy atom. The van der Waals surface area contributed by atoms with Crippen molar-refractivity contribution in [1.82, 2.24) is 5.32 Å². The minimum Gasteiger partial charge on any atom is -0.343 e. The molecule has 46 valence electrons. The third kappa shape index (κ3) is 1.22. The Balaban J connectivity index is 1.97. The topological polar surface area (TPSA) is 39.0 Å². The van der Waals surface area contributed by atoms with E-state index in [1.54, 1.807) is 0 Å². The molecule has 1 rings (SSSR count). The lowest BCUT2D eigenvalue weighted by atomic mass is 10.2. The molecule has 0 saturated carbocycles. The molecule has 0 aromatic rings. The molecule has 1 unspecified atom stereocenters. The molecular formula is C6H11NO.